The predicted octanol–water partition coefficient (Wildman–Crippen LogP) is 8.09. The fourth-order valence-electron chi connectivity index (χ4n) is 6.49. The first-order valence-corrected chi connectivity index (χ1v) is 19.7. The lowest BCUT2D eigenvalue weighted by molar-refractivity contribution is 0.0961. The number of pyridine rings is 1. The smallest absolute Gasteiger partial charge is 0.280 e. The molecular weight excluding hydrogens is 655 g/mol. The molecule has 0 radical (unpaired) electrons. The highest BCUT2D eigenvalue weighted by Crippen LogP contribution is 2.36. The number of carbonyl (C=O) groups is 1. The maximum atomic E-state index is 14.5. The summed E-state index contributed by atoms with van der Waals surface area (Å²) in [5, 5.41) is 24.4. The highest BCUT2D eigenvalue weighted by molar-refractivity contribution is 7.16. The first-order valence-electron chi connectivity index (χ1n) is 18.9. The van der Waals surface area contributed by atoms with Crippen LogP contribution in [0.25, 0.3) is 12.2 Å². The van der Waals surface area contributed by atoms with Crippen molar-refractivity contribution in [3.8, 4) is 11.9 Å². The third-order valence-corrected chi connectivity index (χ3v) is 10.6. The van der Waals surface area contributed by atoms with Gasteiger partial charge in [-0.05, 0) is 48.8 Å². The van der Waals surface area contributed by atoms with E-state index >= 15 is 0 Å². The maximum Gasteiger partial charge on any atom is 0.280 e. The first-order chi connectivity index (χ1) is 24.2. The van der Waals surface area contributed by atoms with Gasteiger partial charge in [0.1, 0.15) is 11.6 Å². The number of benzene rings is 1. The monoisotopic (exact) mass is 715 g/mol. The molecular formula is C42H61N5O3S. The van der Waals surface area contributed by atoms with Gasteiger partial charge in [-0.25, -0.2) is 9.99 Å². The summed E-state index contributed by atoms with van der Waals surface area (Å²) < 4.78 is 0.918. The summed E-state index contributed by atoms with van der Waals surface area (Å²) in [6.07, 6.45) is 13.0. The molecule has 0 saturated carbocycles. The zero-order chi connectivity index (χ0) is 37.9. The summed E-state index contributed by atoms with van der Waals surface area (Å²) in [5.41, 5.74) is 0.227. The van der Waals surface area contributed by atoms with Gasteiger partial charge in [-0.3, -0.25) is 9.59 Å². The van der Waals surface area contributed by atoms with Crippen molar-refractivity contribution < 1.29 is 9.90 Å². The van der Waals surface area contributed by atoms with Crippen LogP contribution in [0.4, 0.5) is 5.13 Å². The number of aromatic hydroxyl groups is 1. The van der Waals surface area contributed by atoms with Gasteiger partial charge in [0.2, 0.25) is 5.88 Å². The number of amides is 1. The average molecular weight is 716 g/mol. The number of hydrogen-bond acceptors (Lipinski definition) is 7. The van der Waals surface area contributed by atoms with Gasteiger partial charge in [0.05, 0.1) is 15.8 Å². The van der Waals surface area contributed by atoms with Crippen molar-refractivity contribution in [1.82, 2.24) is 9.66 Å². The number of hydrogen-bond donors (Lipinski definition) is 1. The van der Waals surface area contributed by atoms with E-state index in [1.807, 2.05) is 26.0 Å². The van der Waals surface area contributed by atoms with Crippen LogP contribution in [-0.4, -0.2) is 40.8 Å². The zero-order valence-electron chi connectivity index (χ0n) is 32.8. The molecule has 0 aliphatic rings. The summed E-state index contributed by atoms with van der Waals surface area (Å²) in [7, 11) is 1.43. The van der Waals surface area contributed by atoms with Gasteiger partial charge < -0.3 is 10.0 Å². The number of carbonyl (C=O) groups excluding carboxylic acids is 1. The van der Waals surface area contributed by atoms with E-state index in [0.717, 1.165) is 51.3 Å². The molecule has 1 amide bonds. The SMILES string of the molecule is CCCCC(CC)CN(CC(CC)CCCC)c1nc(C(C)(C)C)c(/C=c2\c(=O)n(N(C)C(=O)c3ccccc3)c(O)c(C#N)\c2=C/C(C)C)s1. The molecule has 3 aromatic rings. The van der Waals surface area contributed by atoms with Crippen LogP contribution in [0.2, 0.25) is 0 Å². The third-order valence-electron chi connectivity index (χ3n) is 9.58. The van der Waals surface area contributed by atoms with E-state index in [9.17, 15) is 20.0 Å². The minimum atomic E-state index is -0.590. The van der Waals surface area contributed by atoms with Crippen LogP contribution in [0, 0.1) is 29.1 Å². The quantitative estimate of drug-likeness (QED) is 0.152. The Bertz CT molecular complexity index is 1800. The predicted molar refractivity (Wildman–Crippen MR) is 214 cm³/mol. The zero-order valence-corrected chi connectivity index (χ0v) is 33.6. The van der Waals surface area contributed by atoms with E-state index in [4.69, 9.17) is 4.98 Å². The Morgan fingerprint density at radius 3 is 2.04 bits per heavy atom. The second-order valence-corrected chi connectivity index (χ2v) is 16.2. The van der Waals surface area contributed by atoms with Crippen molar-refractivity contribution in [1.29, 1.82) is 5.26 Å². The highest BCUT2D eigenvalue weighted by Gasteiger charge is 2.28. The minimum Gasteiger partial charge on any atom is -0.492 e. The molecule has 278 valence electrons. The van der Waals surface area contributed by atoms with Gasteiger partial charge in [0, 0.05) is 36.3 Å². The number of anilines is 1. The van der Waals surface area contributed by atoms with E-state index in [1.165, 1.54) is 45.6 Å². The standard InChI is InChI=1S/C42H61N5O3S/c1-11-15-20-30(13-3)27-46(28-31(14-4)21-16-12-2)41-44-37(42(7,8)9)36(51-41)25-34-33(24-29(5)6)35(26-43)40(50)47(39(34)49)45(10)38(48)32-22-18-17-19-23-32/h17-19,22-25,29-31,50H,11-16,20-21,27-28H2,1-10H3/b33-24-,34-25-. The molecule has 0 fully saturated rings. The van der Waals surface area contributed by atoms with Gasteiger partial charge in [-0.15, -0.1) is 0 Å². The molecule has 0 saturated heterocycles. The number of rotatable bonds is 17. The highest BCUT2D eigenvalue weighted by atomic mass is 32.1. The van der Waals surface area contributed by atoms with E-state index in [-0.39, 0.29) is 22.1 Å². The Morgan fingerprint density at radius 2 is 1.57 bits per heavy atom. The molecule has 9 heteroatoms. The molecule has 51 heavy (non-hydrogen) atoms. The number of nitriles is 1. The largest absolute Gasteiger partial charge is 0.492 e. The fourth-order valence-corrected chi connectivity index (χ4v) is 7.73. The molecule has 1 aromatic carbocycles. The van der Waals surface area contributed by atoms with Gasteiger partial charge >= 0.3 is 0 Å². The molecule has 0 aliphatic heterocycles. The van der Waals surface area contributed by atoms with Gasteiger partial charge in [-0.1, -0.05) is 136 Å². The second kappa shape index (κ2) is 19.1. The van der Waals surface area contributed by atoms with E-state index in [2.05, 4.69) is 59.4 Å². The Balaban J connectivity index is 2.38. The van der Waals surface area contributed by atoms with Crippen LogP contribution in [0.15, 0.2) is 35.1 Å². The van der Waals surface area contributed by atoms with Gasteiger partial charge in [0.25, 0.3) is 11.5 Å². The summed E-state index contributed by atoms with van der Waals surface area (Å²) in [6.45, 7) is 21.2. The lowest BCUT2D eigenvalue weighted by Gasteiger charge is -2.30. The fraction of sp³-hybridized carbons (Fsp3) is 0.571. The molecule has 0 aliphatic carbocycles. The summed E-state index contributed by atoms with van der Waals surface area (Å²) in [5.74, 6) is 0.0175. The molecule has 8 nitrogen and oxygen atoms in total. The molecule has 0 spiro atoms. The number of aromatic nitrogens is 2. The Morgan fingerprint density at radius 1 is 1.00 bits per heavy atom. The lowest BCUT2D eigenvalue weighted by Crippen LogP contribution is -2.54. The van der Waals surface area contributed by atoms with Crippen LogP contribution in [0.1, 0.15) is 140 Å². The van der Waals surface area contributed by atoms with Crippen LogP contribution in [-0.2, 0) is 5.41 Å². The van der Waals surface area contributed by atoms with Crippen molar-refractivity contribution in [2.75, 3.05) is 30.0 Å². The minimum absolute atomic E-state index is 0.0274. The van der Waals surface area contributed by atoms with Crippen molar-refractivity contribution in [2.45, 2.75) is 119 Å². The van der Waals surface area contributed by atoms with Gasteiger partial charge in [-0.2, -0.15) is 9.94 Å². The molecule has 2 heterocycles. The molecule has 2 unspecified atom stereocenters. The summed E-state index contributed by atoms with van der Waals surface area (Å²) in [6, 6.07) is 10.7. The van der Waals surface area contributed by atoms with Crippen LogP contribution in [0.5, 0.6) is 5.88 Å². The molecule has 3 rings (SSSR count). The Labute approximate surface area is 310 Å². The molecule has 2 atom stereocenters. The molecule has 2 aromatic heterocycles. The van der Waals surface area contributed by atoms with E-state index in [0.29, 0.717) is 22.6 Å². The Kier molecular flexibility index (Phi) is 15.5. The molecule has 0 bridgehead atoms. The first kappa shape index (κ1) is 41.5. The van der Waals surface area contributed by atoms with Crippen molar-refractivity contribution >= 4 is 34.5 Å². The number of nitrogens with zero attached hydrogens (tertiary/aromatic N) is 5. The third kappa shape index (κ3) is 10.6. The summed E-state index contributed by atoms with van der Waals surface area (Å²) in [4.78, 5) is 36.7. The second-order valence-electron chi connectivity index (χ2n) is 15.2. The lowest BCUT2D eigenvalue weighted by atomic mass is 9.91. The van der Waals surface area contributed by atoms with E-state index in [1.54, 1.807) is 41.7 Å². The Hall–Kier alpha value is -3.90. The van der Waals surface area contributed by atoms with Crippen molar-refractivity contribution in [3.05, 3.63) is 72.8 Å². The van der Waals surface area contributed by atoms with Crippen LogP contribution >= 0.6 is 11.3 Å². The van der Waals surface area contributed by atoms with Crippen molar-refractivity contribution in [3.63, 3.8) is 0 Å². The van der Waals surface area contributed by atoms with Crippen molar-refractivity contribution in [2.24, 2.45) is 17.8 Å². The number of thiazole rings is 1. The van der Waals surface area contributed by atoms with Crippen LogP contribution in [0.3, 0.4) is 0 Å². The normalized spacial score (nSPS) is 13.8. The maximum absolute atomic E-state index is 14.5. The number of unbranched alkanes of at least 4 members (excludes halogenated alkanes) is 2. The summed E-state index contributed by atoms with van der Waals surface area (Å²) >= 11 is 1.58. The molecule has 1 N–H and O–H groups in total. The van der Waals surface area contributed by atoms with Crippen LogP contribution < -0.4 is 25.9 Å². The van der Waals surface area contributed by atoms with Gasteiger partial charge in [0.15, 0.2) is 5.13 Å². The topological polar surface area (TPSA) is 102 Å². The van der Waals surface area contributed by atoms with E-state index < -0.39 is 17.3 Å². The average Bonchev–Trinajstić information content (AvgIpc) is 3.54.